The van der Waals surface area contributed by atoms with E-state index in [1.807, 2.05) is 48.5 Å². The summed E-state index contributed by atoms with van der Waals surface area (Å²) in [6.07, 6.45) is 3.59. The van der Waals surface area contributed by atoms with E-state index in [0.717, 1.165) is 22.0 Å². The van der Waals surface area contributed by atoms with E-state index in [9.17, 15) is 29.2 Å². The van der Waals surface area contributed by atoms with Crippen molar-refractivity contribution in [3.63, 3.8) is 0 Å². The zero-order valence-corrected chi connectivity index (χ0v) is 29.2. The monoisotopic (exact) mass is 707 g/mol. The number of rotatable bonds is 20. The Hall–Kier alpha value is -5.64. The molecule has 2 aromatic carbocycles. The van der Waals surface area contributed by atoms with Crippen molar-refractivity contribution in [3.05, 3.63) is 65.9 Å². The molecule has 276 valence electrons. The summed E-state index contributed by atoms with van der Waals surface area (Å²) in [6, 6.07) is 11.8. The van der Waals surface area contributed by atoms with Gasteiger partial charge in [-0.15, -0.1) is 0 Å². The second-order valence-electron chi connectivity index (χ2n) is 12.2. The zero-order valence-electron chi connectivity index (χ0n) is 29.2. The van der Waals surface area contributed by atoms with E-state index in [0.29, 0.717) is 25.0 Å². The number of ether oxygens (including phenoxy) is 1. The van der Waals surface area contributed by atoms with Gasteiger partial charge in [-0.2, -0.15) is 0 Å². The highest BCUT2D eigenvalue weighted by atomic mass is 16.5. The van der Waals surface area contributed by atoms with Gasteiger partial charge in [0.1, 0.15) is 23.9 Å². The Balaban J connectivity index is 1.76. The first-order valence-corrected chi connectivity index (χ1v) is 16.7. The number of fused-ring (bicyclic) bond motifs is 1. The highest BCUT2D eigenvalue weighted by Gasteiger charge is 2.30. The Morgan fingerprint density at radius 1 is 0.882 bits per heavy atom. The summed E-state index contributed by atoms with van der Waals surface area (Å²) in [6.45, 7) is 1.72. The molecule has 11 N–H and O–H groups in total. The second kappa shape index (κ2) is 20.1. The van der Waals surface area contributed by atoms with E-state index < -0.39 is 53.6 Å². The molecule has 0 spiro atoms. The molecule has 1 heterocycles. The van der Waals surface area contributed by atoms with E-state index in [-0.39, 0.29) is 38.2 Å². The van der Waals surface area contributed by atoms with E-state index in [1.165, 1.54) is 14.0 Å². The summed E-state index contributed by atoms with van der Waals surface area (Å²) in [5.74, 6) is -3.25. The van der Waals surface area contributed by atoms with Crippen LogP contribution in [0.3, 0.4) is 0 Å². The van der Waals surface area contributed by atoms with Gasteiger partial charge < -0.3 is 42.5 Å². The van der Waals surface area contributed by atoms with Crippen LogP contribution in [0, 0.1) is 5.92 Å². The maximum atomic E-state index is 13.8. The number of hydrogen-bond donors (Lipinski definition) is 9. The molecule has 0 aliphatic heterocycles. The molecule has 0 saturated carbocycles. The SMILES string of the molecule is CNC(=O)[C@@H](CCCN=C(N)N)NC(=O)[C@H](C)NC(=O)[C@@H](Cc1c[nH]c2ccccc12)NC(=O)[C@@H](CCCc1ccc(OC)cc1)CC(=O)NO. The number of H-pyrrole nitrogens is 1. The number of guanidine groups is 1. The van der Waals surface area contributed by atoms with Crippen LogP contribution >= 0.6 is 0 Å². The van der Waals surface area contributed by atoms with Crippen LogP contribution in [0.4, 0.5) is 0 Å². The molecule has 0 bridgehead atoms. The topological polar surface area (TPSA) is 255 Å². The number of hydroxylamine groups is 1. The standard InChI is InChI=1S/C35H49N9O7/c1-21(31(46)42-28(33(48)38-2)12-7-17-39-35(36)37)41-34(49)29(18-24-20-40-27-11-5-4-10-26(24)27)43-32(47)23(19-30(45)44-50)9-6-8-22-13-15-25(51-3)16-14-22/h4-5,10-11,13-16,20-21,23,28-29,40,50H,6-9,12,17-19H2,1-3H3,(H,38,48)(H,41,49)(H,42,46)(H,43,47)(H,44,45)(H4,36,37,39)/t21-,23-,28+,29+/m0/s1. The predicted octanol–water partition coefficient (Wildman–Crippen LogP) is 0.528. The number of hydrogen-bond acceptors (Lipinski definition) is 8. The molecule has 51 heavy (non-hydrogen) atoms. The molecule has 0 radical (unpaired) electrons. The fraction of sp³-hybridized carbons (Fsp3) is 0.429. The number of likely N-dealkylation sites (N-methyl/N-ethyl adjacent to an activating group) is 1. The lowest BCUT2D eigenvalue weighted by Crippen LogP contribution is -2.56. The molecule has 0 aliphatic carbocycles. The average molecular weight is 708 g/mol. The first-order chi connectivity index (χ1) is 24.4. The molecule has 4 atom stereocenters. The normalized spacial score (nSPS) is 13.2. The first-order valence-electron chi connectivity index (χ1n) is 16.7. The molecule has 0 saturated heterocycles. The number of carbonyl (C=O) groups excluding carboxylic acids is 5. The minimum atomic E-state index is -1.15. The van der Waals surface area contributed by atoms with Crippen LogP contribution in [-0.2, 0) is 36.8 Å². The number of nitrogens with one attached hydrogen (secondary N) is 6. The first kappa shape index (κ1) is 39.8. The molecule has 1 aromatic heterocycles. The number of benzene rings is 2. The lowest BCUT2D eigenvalue weighted by Gasteiger charge is -2.25. The Bertz CT molecular complexity index is 1650. The third-order valence-electron chi connectivity index (χ3n) is 8.41. The van der Waals surface area contributed by atoms with Gasteiger partial charge >= 0.3 is 0 Å². The minimum Gasteiger partial charge on any atom is -0.497 e. The number of aromatic nitrogens is 1. The Labute approximate surface area is 296 Å². The minimum absolute atomic E-state index is 0.0619. The lowest BCUT2D eigenvalue weighted by atomic mass is 9.94. The fourth-order valence-electron chi connectivity index (χ4n) is 5.58. The van der Waals surface area contributed by atoms with Crippen LogP contribution in [0.5, 0.6) is 5.75 Å². The average Bonchev–Trinajstić information content (AvgIpc) is 3.54. The van der Waals surface area contributed by atoms with Gasteiger partial charge in [0.15, 0.2) is 5.96 Å². The Morgan fingerprint density at radius 2 is 1.59 bits per heavy atom. The van der Waals surface area contributed by atoms with E-state index >= 15 is 0 Å². The second-order valence-corrected chi connectivity index (χ2v) is 12.2. The molecule has 3 aromatic rings. The third kappa shape index (κ3) is 12.6. The van der Waals surface area contributed by atoms with Crippen molar-refractivity contribution in [1.82, 2.24) is 31.7 Å². The summed E-state index contributed by atoms with van der Waals surface area (Å²) in [7, 11) is 3.02. The smallest absolute Gasteiger partial charge is 0.244 e. The van der Waals surface area contributed by atoms with Crippen molar-refractivity contribution in [2.45, 2.75) is 70.0 Å². The Kier molecular flexibility index (Phi) is 15.7. The largest absolute Gasteiger partial charge is 0.497 e. The summed E-state index contributed by atoms with van der Waals surface area (Å²) in [5.41, 5.74) is 14.9. The number of nitrogens with two attached hydrogens (primary N) is 2. The van der Waals surface area contributed by atoms with Gasteiger partial charge in [-0.25, -0.2) is 5.48 Å². The maximum Gasteiger partial charge on any atom is 0.244 e. The van der Waals surface area contributed by atoms with Crippen molar-refractivity contribution >= 4 is 46.4 Å². The molecule has 0 unspecified atom stereocenters. The number of aromatic amines is 1. The maximum absolute atomic E-state index is 13.8. The van der Waals surface area contributed by atoms with Gasteiger partial charge in [-0.1, -0.05) is 30.3 Å². The van der Waals surface area contributed by atoms with Gasteiger partial charge in [-0.3, -0.25) is 34.2 Å². The number of aryl methyl sites for hydroxylation is 1. The lowest BCUT2D eigenvalue weighted by molar-refractivity contribution is -0.137. The van der Waals surface area contributed by atoms with Gasteiger partial charge in [0.2, 0.25) is 29.5 Å². The number of methoxy groups -OCH3 is 1. The van der Waals surface area contributed by atoms with Crippen molar-refractivity contribution < 1.29 is 33.9 Å². The van der Waals surface area contributed by atoms with Crippen molar-refractivity contribution in [2.24, 2.45) is 22.4 Å². The Morgan fingerprint density at radius 3 is 2.25 bits per heavy atom. The quantitative estimate of drug-likeness (QED) is 0.0261. The van der Waals surface area contributed by atoms with E-state index in [4.69, 9.17) is 16.2 Å². The van der Waals surface area contributed by atoms with Crippen LogP contribution in [0.15, 0.2) is 59.7 Å². The van der Waals surface area contributed by atoms with Crippen LogP contribution in [0.25, 0.3) is 10.9 Å². The summed E-state index contributed by atoms with van der Waals surface area (Å²) in [5, 5.41) is 20.7. The van der Waals surface area contributed by atoms with E-state index in [2.05, 4.69) is 31.2 Å². The van der Waals surface area contributed by atoms with Crippen LogP contribution in [0.1, 0.15) is 50.2 Å². The molecule has 3 rings (SSSR count). The van der Waals surface area contributed by atoms with Gasteiger partial charge in [-0.05, 0) is 68.4 Å². The highest BCUT2D eigenvalue weighted by molar-refractivity contribution is 5.95. The van der Waals surface area contributed by atoms with Crippen LogP contribution in [-0.4, -0.2) is 84.5 Å². The van der Waals surface area contributed by atoms with Crippen molar-refractivity contribution in [2.75, 3.05) is 20.7 Å². The number of para-hydroxylation sites is 1. The van der Waals surface area contributed by atoms with Crippen LogP contribution < -0.4 is 43.0 Å². The molecule has 0 aliphatic rings. The van der Waals surface area contributed by atoms with Gasteiger partial charge in [0, 0.05) is 49.5 Å². The van der Waals surface area contributed by atoms with Crippen molar-refractivity contribution in [3.8, 4) is 5.75 Å². The molecule has 16 nitrogen and oxygen atoms in total. The summed E-state index contributed by atoms with van der Waals surface area (Å²) >= 11 is 0. The number of aliphatic imine (C=N–C) groups is 1. The zero-order chi connectivity index (χ0) is 37.3. The fourth-order valence-corrected chi connectivity index (χ4v) is 5.58. The predicted molar refractivity (Wildman–Crippen MR) is 191 cm³/mol. The summed E-state index contributed by atoms with van der Waals surface area (Å²) < 4.78 is 5.20. The molecule has 5 amide bonds. The van der Waals surface area contributed by atoms with Gasteiger partial charge in [0.25, 0.3) is 0 Å². The van der Waals surface area contributed by atoms with Crippen LogP contribution in [0.2, 0.25) is 0 Å². The molecular weight excluding hydrogens is 658 g/mol. The third-order valence-corrected chi connectivity index (χ3v) is 8.41. The molecule has 0 fully saturated rings. The molecule has 16 heteroatoms. The number of nitrogens with zero attached hydrogens (tertiary/aromatic N) is 1. The van der Waals surface area contributed by atoms with E-state index in [1.54, 1.807) is 18.8 Å². The highest BCUT2D eigenvalue weighted by Crippen LogP contribution is 2.21. The van der Waals surface area contributed by atoms with Gasteiger partial charge in [0.05, 0.1) is 7.11 Å². The number of carbonyl (C=O) groups is 5. The summed E-state index contributed by atoms with van der Waals surface area (Å²) in [4.78, 5) is 72.5. The number of amides is 5. The van der Waals surface area contributed by atoms with Crippen molar-refractivity contribution in [1.29, 1.82) is 0 Å². The molecular formula is C35H49N9O7.